The molecular weight excluding hydrogens is 273 g/mol. The zero-order valence-electron chi connectivity index (χ0n) is 11.7. The van der Waals surface area contributed by atoms with Crippen molar-refractivity contribution in [3.63, 3.8) is 0 Å². The zero-order chi connectivity index (χ0) is 13.9. The first kappa shape index (κ1) is 13.8. The predicted molar refractivity (Wildman–Crippen MR) is 82.9 cm³/mol. The lowest BCUT2D eigenvalue weighted by Crippen LogP contribution is -2.30. The van der Waals surface area contributed by atoms with Crippen LogP contribution in [0.5, 0.6) is 0 Å². The molecule has 1 aliphatic rings. The smallest absolute Gasteiger partial charge is 0.183 e. The van der Waals surface area contributed by atoms with Gasteiger partial charge in [0, 0.05) is 6.54 Å². The summed E-state index contributed by atoms with van der Waals surface area (Å²) in [6.45, 7) is 3.38. The molecule has 0 saturated carbocycles. The van der Waals surface area contributed by atoms with Gasteiger partial charge in [-0.25, -0.2) is 9.37 Å². The van der Waals surface area contributed by atoms with Crippen LogP contribution in [0.3, 0.4) is 0 Å². The van der Waals surface area contributed by atoms with Crippen LogP contribution in [0.2, 0.25) is 0 Å². The lowest BCUT2D eigenvalue weighted by molar-refractivity contribution is 0.215. The third-order valence-corrected chi connectivity index (χ3v) is 4.99. The molecule has 1 fully saturated rings. The summed E-state index contributed by atoms with van der Waals surface area (Å²) >= 11 is 1.53. The maximum absolute atomic E-state index is 13.1. The fraction of sp³-hybridized carbons (Fsp3) is 0.533. The Morgan fingerprint density at radius 3 is 3.00 bits per heavy atom. The van der Waals surface area contributed by atoms with Gasteiger partial charge in [-0.3, -0.25) is 0 Å². The van der Waals surface area contributed by atoms with E-state index in [1.165, 1.54) is 49.8 Å². The third kappa shape index (κ3) is 3.27. The lowest BCUT2D eigenvalue weighted by atomic mass is 9.94. The molecule has 1 saturated heterocycles. The quantitative estimate of drug-likeness (QED) is 0.934. The lowest BCUT2D eigenvalue weighted by Gasteiger charge is -2.28. The molecule has 5 heteroatoms. The Bertz CT molecular complexity index is 576. The van der Waals surface area contributed by atoms with Crippen LogP contribution in [0.25, 0.3) is 10.2 Å². The summed E-state index contributed by atoms with van der Waals surface area (Å²) in [5, 5.41) is 4.28. The average molecular weight is 293 g/mol. The van der Waals surface area contributed by atoms with Crippen molar-refractivity contribution in [2.75, 3.05) is 32.0 Å². The van der Waals surface area contributed by atoms with Crippen molar-refractivity contribution in [3.8, 4) is 0 Å². The minimum absolute atomic E-state index is 0.195. The van der Waals surface area contributed by atoms with Crippen LogP contribution in [0.4, 0.5) is 9.52 Å². The third-order valence-electron chi connectivity index (χ3n) is 4.02. The van der Waals surface area contributed by atoms with E-state index < -0.39 is 0 Å². The molecule has 1 aromatic carbocycles. The molecular formula is C15H20FN3S. The fourth-order valence-corrected chi connectivity index (χ4v) is 3.62. The molecule has 2 heterocycles. The van der Waals surface area contributed by atoms with E-state index in [-0.39, 0.29) is 5.82 Å². The number of nitrogens with one attached hydrogen (secondary N) is 1. The minimum atomic E-state index is -0.195. The topological polar surface area (TPSA) is 28.2 Å². The number of benzene rings is 1. The van der Waals surface area contributed by atoms with Crippen molar-refractivity contribution in [1.29, 1.82) is 0 Å². The van der Waals surface area contributed by atoms with Gasteiger partial charge in [0.2, 0.25) is 0 Å². The number of aromatic nitrogens is 1. The first-order valence-electron chi connectivity index (χ1n) is 7.19. The number of fused-ring (bicyclic) bond motifs is 1. The first-order valence-corrected chi connectivity index (χ1v) is 8.01. The van der Waals surface area contributed by atoms with Crippen LogP contribution < -0.4 is 5.32 Å². The molecule has 108 valence electrons. The summed E-state index contributed by atoms with van der Waals surface area (Å²) in [6, 6.07) is 4.75. The maximum Gasteiger partial charge on any atom is 0.183 e. The first-order chi connectivity index (χ1) is 9.70. The summed E-state index contributed by atoms with van der Waals surface area (Å²) in [7, 11) is 2.19. The number of piperidine rings is 1. The highest BCUT2D eigenvalue weighted by molar-refractivity contribution is 7.22. The second kappa shape index (κ2) is 6.06. The predicted octanol–water partition coefficient (Wildman–Crippen LogP) is 3.58. The van der Waals surface area contributed by atoms with E-state index in [1.807, 2.05) is 0 Å². The van der Waals surface area contributed by atoms with Gasteiger partial charge in [0.15, 0.2) is 5.13 Å². The van der Waals surface area contributed by atoms with Crippen molar-refractivity contribution in [1.82, 2.24) is 9.88 Å². The molecule has 1 aromatic heterocycles. The van der Waals surface area contributed by atoms with Crippen molar-refractivity contribution in [2.45, 2.75) is 19.3 Å². The molecule has 2 aromatic rings. The van der Waals surface area contributed by atoms with Crippen molar-refractivity contribution >= 4 is 26.7 Å². The molecule has 0 aliphatic carbocycles. The van der Waals surface area contributed by atoms with E-state index in [4.69, 9.17) is 0 Å². The van der Waals surface area contributed by atoms with Gasteiger partial charge in [-0.05, 0) is 63.5 Å². The summed E-state index contributed by atoms with van der Waals surface area (Å²) in [6.07, 6.45) is 3.78. The summed E-state index contributed by atoms with van der Waals surface area (Å²) in [5.41, 5.74) is 0.873. The molecule has 1 N–H and O–H groups in total. The van der Waals surface area contributed by atoms with Gasteiger partial charge < -0.3 is 10.2 Å². The summed E-state index contributed by atoms with van der Waals surface area (Å²) in [5.74, 6) is 0.629. The zero-order valence-corrected chi connectivity index (χ0v) is 12.5. The van der Waals surface area contributed by atoms with E-state index in [0.29, 0.717) is 0 Å². The highest BCUT2D eigenvalue weighted by Gasteiger charge is 2.16. The van der Waals surface area contributed by atoms with Gasteiger partial charge in [0.05, 0.1) is 10.2 Å². The van der Waals surface area contributed by atoms with Gasteiger partial charge in [-0.15, -0.1) is 0 Å². The molecule has 0 amide bonds. The van der Waals surface area contributed by atoms with Crippen LogP contribution in [0.1, 0.15) is 19.3 Å². The SMILES string of the molecule is CN1CCC(CCNc2nc3ccc(F)cc3s2)CC1. The van der Waals surface area contributed by atoms with Crippen molar-refractivity contribution in [2.24, 2.45) is 5.92 Å². The molecule has 0 bridgehead atoms. The largest absolute Gasteiger partial charge is 0.361 e. The molecule has 3 nitrogen and oxygen atoms in total. The Kier molecular flexibility index (Phi) is 4.17. The Balaban J connectivity index is 1.52. The van der Waals surface area contributed by atoms with Gasteiger partial charge in [0.25, 0.3) is 0 Å². The highest BCUT2D eigenvalue weighted by atomic mass is 32.1. The highest BCUT2D eigenvalue weighted by Crippen LogP contribution is 2.27. The molecule has 20 heavy (non-hydrogen) atoms. The van der Waals surface area contributed by atoms with Gasteiger partial charge in [0.1, 0.15) is 5.82 Å². The number of thiazole rings is 1. The van der Waals surface area contributed by atoms with Crippen LogP contribution in [0.15, 0.2) is 18.2 Å². The van der Waals surface area contributed by atoms with Gasteiger partial charge in [-0.2, -0.15) is 0 Å². The minimum Gasteiger partial charge on any atom is -0.361 e. The van der Waals surface area contributed by atoms with E-state index >= 15 is 0 Å². The molecule has 3 rings (SSSR count). The summed E-state index contributed by atoms with van der Waals surface area (Å²) in [4.78, 5) is 6.88. The standard InChI is InChI=1S/C15H20FN3S/c1-19-8-5-11(6-9-19)4-7-17-15-18-13-3-2-12(16)10-14(13)20-15/h2-3,10-11H,4-9H2,1H3,(H,17,18). The molecule has 1 aliphatic heterocycles. The number of hydrogen-bond donors (Lipinski definition) is 1. The normalized spacial score (nSPS) is 17.7. The van der Waals surface area contributed by atoms with Crippen molar-refractivity contribution < 1.29 is 4.39 Å². The Hall–Kier alpha value is -1.20. The van der Waals surface area contributed by atoms with Crippen LogP contribution in [-0.4, -0.2) is 36.6 Å². The summed E-state index contributed by atoms with van der Waals surface area (Å²) < 4.78 is 14.0. The van der Waals surface area contributed by atoms with Crippen LogP contribution >= 0.6 is 11.3 Å². The second-order valence-electron chi connectivity index (χ2n) is 5.59. The number of halogens is 1. The van der Waals surface area contributed by atoms with Crippen LogP contribution in [0, 0.1) is 11.7 Å². The number of hydrogen-bond acceptors (Lipinski definition) is 4. The fourth-order valence-electron chi connectivity index (χ4n) is 2.71. The van der Waals surface area contributed by atoms with Crippen molar-refractivity contribution in [3.05, 3.63) is 24.0 Å². The van der Waals surface area contributed by atoms with E-state index in [9.17, 15) is 4.39 Å². The average Bonchev–Trinajstić information content (AvgIpc) is 2.83. The molecule has 0 unspecified atom stereocenters. The maximum atomic E-state index is 13.1. The molecule has 0 atom stereocenters. The molecule has 0 radical (unpaired) electrons. The van der Waals surface area contributed by atoms with E-state index in [0.717, 1.165) is 27.8 Å². The second-order valence-corrected chi connectivity index (χ2v) is 6.62. The van der Waals surface area contributed by atoms with E-state index in [2.05, 4.69) is 22.2 Å². The molecule has 0 spiro atoms. The number of rotatable bonds is 4. The Morgan fingerprint density at radius 2 is 2.20 bits per heavy atom. The monoisotopic (exact) mass is 293 g/mol. The van der Waals surface area contributed by atoms with Crippen LogP contribution in [-0.2, 0) is 0 Å². The Morgan fingerprint density at radius 1 is 1.40 bits per heavy atom. The number of nitrogens with zero attached hydrogens (tertiary/aromatic N) is 2. The van der Waals surface area contributed by atoms with Gasteiger partial charge in [-0.1, -0.05) is 11.3 Å². The number of likely N-dealkylation sites (tertiary alicyclic amines) is 1. The van der Waals surface area contributed by atoms with E-state index in [1.54, 1.807) is 12.1 Å². The Labute approximate surface area is 122 Å². The number of anilines is 1. The van der Waals surface area contributed by atoms with Gasteiger partial charge >= 0.3 is 0 Å².